The molecule has 9 nitrogen and oxygen atoms in total. The van der Waals surface area contributed by atoms with E-state index in [1.165, 1.54) is 18.2 Å². The molecule has 38 heavy (non-hydrogen) atoms. The van der Waals surface area contributed by atoms with E-state index in [0.717, 1.165) is 6.42 Å². The summed E-state index contributed by atoms with van der Waals surface area (Å²) >= 11 is 0. The highest BCUT2D eigenvalue weighted by molar-refractivity contribution is 5.98. The quantitative estimate of drug-likeness (QED) is 0.611. The minimum absolute atomic E-state index is 0.0233. The lowest BCUT2D eigenvalue weighted by Crippen LogP contribution is -2.48. The maximum atomic E-state index is 14.5. The Morgan fingerprint density at radius 2 is 1.89 bits per heavy atom. The fourth-order valence-electron chi connectivity index (χ4n) is 4.34. The number of fused-ring (bicyclic) bond motifs is 1. The molecule has 3 rings (SSSR count). The normalized spacial score (nSPS) is 20.5. The Kier molecular flexibility index (Phi) is 10.1. The van der Waals surface area contributed by atoms with Crippen molar-refractivity contribution in [2.24, 2.45) is 5.92 Å². The third-order valence-corrected chi connectivity index (χ3v) is 6.61. The smallest absolute Gasteiger partial charge is 0.319 e. The molecule has 0 aliphatic carbocycles. The highest BCUT2D eigenvalue weighted by Gasteiger charge is 2.31. The molecule has 0 bridgehead atoms. The number of nitrogens with zero attached hydrogens (tertiary/aromatic N) is 2. The summed E-state index contributed by atoms with van der Waals surface area (Å²) in [6, 6.07) is 9.88. The predicted molar refractivity (Wildman–Crippen MR) is 143 cm³/mol. The Morgan fingerprint density at radius 3 is 2.58 bits per heavy atom. The number of urea groups is 1. The predicted octanol–water partition coefficient (Wildman–Crippen LogP) is 4.00. The lowest BCUT2D eigenvalue weighted by atomic mass is 10.0. The third-order valence-electron chi connectivity index (χ3n) is 6.61. The second kappa shape index (κ2) is 13.2. The molecule has 0 fully saturated rings. The van der Waals surface area contributed by atoms with E-state index in [1.807, 2.05) is 20.8 Å². The van der Waals surface area contributed by atoms with Gasteiger partial charge in [0.2, 0.25) is 0 Å². The molecule has 2 aromatic carbocycles. The summed E-state index contributed by atoms with van der Waals surface area (Å²) in [4.78, 5) is 42.1. The molecule has 0 spiro atoms. The van der Waals surface area contributed by atoms with E-state index in [-0.39, 0.29) is 55.0 Å². The van der Waals surface area contributed by atoms with Gasteiger partial charge >= 0.3 is 6.03 Å². The summed E-state index contributed by atoms with van der Waals surface area (Å²) < 4.78 is 26.3. The summed E-state index contributed by atoms with van der Waals surface area (Å²) in [5.74, 6) is -1.21. The first-order valence-electron chi connectivity index (χ1n) is 12.8. The zero-order valence-electron chi connectivity index (χ0n) is 22.6. The van der Waals surface area contributed by atoms with Gasteiger partial charge in [0.05, 0.1) is 23.3 Å². The molecule has 0 saturated carbocycles. The average Bonchev–Trinajstić information content (AvgIpc) is 2.91. The summed E-state index contributed by atoms with van der Waals surface area (Å²) in [6.07, 6.45) is 0.418. The van der Waals surface area contributed by atoms with Gasteiger partial charge in [-0.05, 0) is 37.6 Å². The minimum atomic E-state index is -0.597. The van der Waals surface area contributed by atoms with Crippen molar-refractivity contribution in [3.63, 3.8) is 0 Å². The number of rotatable bonds is 5. The van der Waals surface area contributed by atoms with E-state index in [4.69, 9.17) is 9.47 Å². The lowest BCUT2D eigenvalue weighted by Gasteiger charge is -2.36. The van der Waals surface area contributed by atoms with Gasteiger partial charge in [-0.1, -0.05) is 26.0 Å². The first kappa shape index (κ1) is 28.9. The highest BCUT2D eigenvalue weighted by Crippen LogP contribution is 2.27. The monoisotopic (exact) mass is 528 g/mol. The van der Waals surface area contributed by atoms with E-state index in [9.17, 15) is 18.8 Å². The van der Waals surface area contributed by atoms with Crippen molar-refractivity contribution in [2.45, 2.75) is 39.3 Å². The van der Waals surface area contributed by atoms with Crippen LogP contribution in [0.5, 0.6) is 5.75 Å². The number of anilines is 1. The number of likely N-dealkylation sites (N-methyl/N-ethyl adjacent to an activating group) is 1. The number of amides is 4. The Balaban J connectivity index is 1.97. The van der Waals surface area contributed by atoms with Crippen LogP contribution in [-0.4, -0.2) is 80.2 Å². The van der Waals surface area contributed by atoms with Crippen LogP contribution in [0.25, 0.3) is 0 Å². The van der Waals surface area contributed by atoms with Crippen LogP contribution >= 0.6 is 0 Å². The number of methoxy groups -OCH3 is 1. The molecule has 206 valence electrons. The molecule has 0 radical (unpaired) electrons. The van der Waals surface area contributed by atoms with Crippen molar-refractivity contribution in [1.82, 2.24) is 15.1 Å². The van der Waals surface area contributed by atoms with Crippen LogP contribution in [0.2, 0.25) is 0 Å². The molecule has 3 atom stereocenters. The number of hydrogen-bond acceptors (Lipinski definition) is 5. The molecule has 1 aliphatic rings. The Labute approximate surface area is 223 Å². The van der Waals surface area contributed by atoms with Crippen LogP contribution in [0.3, 0.4) is 0 Å². The maximum Gasteiger partial charge on any atom is 0.319 e. The Bertz CT molecular complexity index is 1140. The number of carbonyl (C=O) groups is 3. The first-order valence-corrected chi connectivity index (χ1v) is 12.8. The van der Waals surface area contributed by atoms with Crippen molar-refractivity contribution in [1.29, 1.82) is 0 Å². The van der Waals surface area contributed by atoms with E-state index in [2.05, 4.69) is 10.6 Å². The fraction of sp³-hybridized carbons (Fsp3) is 0.464. The van der Waals surface area contributed by atoms with E-state index in [0.29, 0.717) is 17.8 Å². The minimum Gasteiger partial charge on any atom is -0.491 e. The maximum absolute atomic E-state index is 14.5. The number of nitrogens with one attached hydrogen (secondary N) is 2. The van der Waals surface area contributed by atoms with Gasteiger partial charge in [-0.15, -0.1) is 0 Å². The standard InChI is InChI=1S/C28H37FN4O5/c1-6-13-30-28(36)31-20-11-12-22-24(14-20)38-17-19(3)33(27(35)21-9-7-8-10-23(21)29)15-18(2)25(37-5)16-32(4)26(22)34/h7-12,14,18-19,25H,6,13,15-17H2,1-5H3,(H2,30,31,36)/t18-,19+,25+/m1/s1. The van der Waals surface area contributed by atoms with Gasteiger partial charge in [0, 0.05) is 51.5 Å². The van der Waals surface area contributed by atoms with E-state index in [1.54, 1.807) is 48.2 Å². The summed E-state index contributed by atoms with van der Waals surface area (Å²) in [7, 11) is 3.24. The fourth-order valence-corrected chi connectivity index (χ4v) is 4.34. The number of ether oxygens (including phenoxy) is 2. The average molecular weight is 529 g/mol. The van der Waals surface area contributed by atoms with Crippen LogP contribution in [0.15, 0.2) is 42.5 Å². The van der Waals surface area contributed by atoms with Gasteiger partial charge in [-0.2, -0.15) is 0 Å². The van der Waals surface area contributed by atoms with Gasteiger partial charge in [0.15, 0.2) is 0 Å². The second-order valence-electron chi connectivity index (χ2n) is 9.63. The number of hydrogen-bond donors (Lipinski definition) is 2. The van der Waals surface area contributed by atoms with Crippen molar-refractivity contribution < 1.29 is 28.2 Å². The molecule has 1 aliphatic heterocycles. The molecular weight excluding hydrogens is 491 g/mol. The van der Waals surface area contributed by atoms with Gasteiger partial charge in [0.1, 0.15) is 18.2 Å². The second-order valence-corrected chi connectivity index (χ2v) is 9.63. The Morgan fingerprint density at radius 1 is 1.16 bits per heavy atom. The van der Waals surface area contributed by atoms with Gasteiger partial charge in [-0.25, -0.2) is 9.18 Å². The zero-order chi connectivity index (χ0) is 27.8. The molecule has 0 saturated heterocycles. The third kappa shape index (κ3) is 7.00. The lowest BCUT2D eigenvalue weighted by molar-refractivity contribution is 0.0110. The topological polar surface area (TPSA) is 100 Å². The molecule has 1 heterocycles. The number of halogens is 1. The molecule has 0 aromatic heterocycles. The van der Waals surface area contributed by atoms with Crippen LogP contribution < -0.4 is 15.4 Å². The number of carbonyl (C=O) groups excluding carboxylic acids is 3. The summed E-state index contributed by atoms with van der Waals surface area (Å²) in [5, 5.41) is 5.48. The highest BCUT2D eigenvalue weighted by atomic mass is 19.1. The summed E-state index contributed by atoms with van der Waals surface area (Å²) in [5.41, 5.74) is 0.745. The van der Waals surface area contributed by atoms with Crippen molar-refractivity contribution in [2.75, 3.05) is 45.7 Å². The van der Waals surface area contributed by atoms with Crippen LogP contribution in [0.1, 0.15) is 47.9 Å². The molecule has 2 aromatic rings. The van der Waals surface area contributed by atoms with Gasteiger partial charge < -0.3 is 29.9 Å². The van der Waals surface area contributed by atoms with Crippen LogP contribution in [0.4, 0.5) is 14.9 Å². The molecular formula is C28H37FN4O5. The molecule has 4 amide bonds. The van der Waals surface area contributed by atoms with Gasteiger partial charge in [0.25, 0.3) is 11.8 Å². The van der Waals surface area contributed by atoms with Crippen molar-refractivity contribution in [3.8, 4) is 5.75 Å². The summed E-state index contributed by atoms with van der Waals surface area (Å²) in [6.45, 7) is 6.80. The zero-order valence-corrected chi connectivity index (χ0v) is 22.6. The molecule has 0 unspecified atom stereocenters. The van der Waals surface area contributed by atoms with Crippen LogP contribution in [-0.2, 0) is 4.74 Å². The SMILES string of the molecule is CCCNC(=O)Nc1ccc2c(c1)OC[C@H](C)N(C(=O)c1ccccc1F)C[C@@H](C)[C@@H](OC)CN(C)C2=O. The Hall–Kier alpha value is -3.66. The largest absolute Gasteiger partial charge is 0.491 e. The number of benzene rings is 2. The van der Waals surface area contributed by atoms with Crippen molar-refractivity contribution in [3.05, 3.63) is 59.4 Å². The molecule has 2 N–H and O–H groups in total. The van der Waals surface area contributed by atoms with Crippen LogP contribution in [0, 0.1) is 11.7 Å². The van der Waals surface area contributed by atoms with Crippen molar-refractivity contribution >= 4 is 23.5 Å². The van der Waals surface area contributed by atoms with E-state index < -0.39 is 17.8 Å². The first-order chi connectivity index (χ1) is 18.2. The molecule has 10 heteroatoms. The van der Waals surface area contributed by atoms with Gasteiger partial charge in [-0.3, -0.25) is 9.59 Å². The van der Waals surface area contributed by atoms with E-state index >= 15 is 0 Å².